The highest BCUT2D eigenvalue weighted by molar-refractivity contribution is 5.76. The maximum atomic E-state index is 11.3. The molecule has 0 rings (SSSR count). The van der Waals surface area contributed by atoms with Crippen molar-refractivity contribution in [3.63, 3.8) is 0 Å². The Morgan fingerprint density at radius 1 is 1.29 bits per heavy atom. The highest BCUT2D eigenvalue weighted by Gasteiger charge is 2.21. The number of aliphatic hydroxyl groups is 1. The summed E-state index contributed by atoms with van der Waals surface area (Å²) in [6.45, 7) is 11.0. The monoisotopic (exact) mass is 244 g/mol. The Balaban J connectivity index is 3.66. The number of carbonyl (C=O) groups excluding carboxylic acids is 1. The lowest BCUT2D eigenvalue weighted by atomic mass is 9.94. The highest BCUT2D eigenvalue weighted by Crippen LogP contribution is 2.14. The Morgan fingerprint density at radius 2 is 1.88 bits per heavy atom. The average molecular weight is 244 g/mol. The van der Waals surface area contributed by atoms with Crippen molar-refractivity contribution in [2.24, 2.45) is 5.92 Å². The van der Waals surface area contributed by atoms with Gasteiger partial charge in [0.15, 0.2) is 0 Å². The van der Waals surface area contributed by atoms with Gasteiger partial charge in [-0.2, -0.15) is 0 Å². The van der Waals surface area contributed by atoms with Gasteiger partial charge in [-0.1, -0.05) is 13.8 Å². The first-order valence-corrected chi connectivity index (χ1v) is 6.45. The van der Waals surface area contributed by atoms with Crippen LogP contribution >= 0.6 is 0 Å². The van der Waals surface area contributed by atoms with Gasteiger partial charge < -0.3 is 15.7 Å². The zero-order valence-electron chi connectivity index (χ0n) is 11.8. The van der Waals surface area contributed by atoms with Crippen LogP contribution < -0.4 is 10.6 Å². The smallest absolute Gasteiger partial charge is 0.221 e. The van der Waals surface area contributed by atoms with E-state index in [1.165, 1.54) is 0 Å². The summed E-state index contributed by atoms with van der Waals surface area (Å²) in [6.07, 6.45) is 1.22. The quantitative estimate of drug-likeness (QED) is 0.564. The van der Waals surface area contributed by atoms with E-state index in [4.69, 9.17) is 0 Å². The molecule has 1 atom stereocenters. The minimum absolute atomic E-state index is 0.0519. The van der Waals surface area contributed by atoms with Gasteiger partial charge in [-0.05, 0) is 33.1 Å². The molecule has 102 valence electrons. The summed E-state index contributed by atoms with van der Waals surface area (Å²) in [5.41, 5.74) is -0.692. The molecule has 0 spiro atoms. The van der Waals surface area contributed by atoms with Crippen molar-refractivity contribution in [1.29, 1.82) is 0 Å². The van der Waals surface area contributed by atoms with Crippen molar-refractivity contribution in [3.8, 4) is 0 Å². The number of nitrogens with one attached hydrogen (secondary N) is 2. The Bertz CT molecular complexity index is 225. The SMILES string of the molecule is CC(C)CC(C)(O)CNCCC(=O)NC(C)C. The molecule has 0 aromatic heterocycles. The zero-order valence-corrected chi connectivity index (χ0v) is 11.8. The molecule has 0 saturated carbocycles. The fourth-order valence-corrected chi connectivity index (χ4v) is 1.91. The van der Waals surface area contributed by atoms with E-state index in [0.717, 1.165) is 6.42 Å². The largest absolute Gasteiger partial charge is 0.389 e. The van der Waals surface area contributed by atoms with Crippen LogP contribution in [0.2, 0.25) is 0 Å². The number of hydrogen-bond donors (Lipinski definition) is 3. The average Bonchev–Trinajstić information content (AvgIpc) is 2.09. The molecule has 0 heterocycles. The molecule has 17 heavy (non-hydrogen) atoms. The number of hydrogen-bond acceptors (Lipinski definition) is 3. The van der Waals surface area contributed by atoms with Gasteiger partial charge >= 0.3 is 0 Å². The molecule has 4 nitrogen and oxygen atoms in total. The van der Waals surface area contributed by atoms with Crippen molar-refractivity contribution >= 4 is 5.91 Å². The van der Waals surface area contributed by atoms with Gasteiger partial charge in [0.2, 0.25) is 5.91 Å². The van der Waals surface area contributed by atoms with Crippen LogP contribution in [0, 0.1) is 5.92 Å². The van der Waals surface area contributed by atoms with Crippen LogP contribution in [0.5, 0.6) is 0 Å². The third kappa shape index (κ3) is 10.3. The summed E-state index contributed by atoms with van der Waals surface area (Å²) in [6, 6.07) is 0.187. The summed E-state index contributed by atoms with van der Waals surface area (Å²) in [5, 5.41) is 16.0. The third-order valence-corrected chi connectivity index (χ3v) is 2.33. The van der Waals surface area contributed by atoms with Crippen LogP contribution in [-0.4, -0.2) is 35.7 Å². The van der Waals surface area contributed by atoms with Crippen molar-refractivity contribution in [2.45, 2.75) is 59.1 Å². The van der Waals surface area contributed by atoms with E-state index in [0.29, 0.717) is 25.4 Å². The molecule has 0 aliphatic rings. The van der Waals surface area contributed by atoms with E-state index >= 15 is 0 Å². The van der Waals surface area contributed by atoms with Crippen molar-refractivity contribution < 1.29 is 9.90 Å². The first-order valence-electron chi connectivity index (χ1n) is 6.45. The minimum atomic E-state index is -0.692. The van der Waals surface area contributed by atoms with E-state index in [1.54, 1.807) is 0 Å². The molecule has 4 heteroatoms. The standard InChI is InChI=1S/C13H28N2O2/c1-10(2)8-13(5,17)9-14-7-6-12(16)15-11(3)4/h10-11,14,17H,6-9H2,1-5H3,(H,15,16). The Labute approximate surface area is 105 Å². The zero-order chi connectivity index (χ0) is 13.5. The topological polar surface area (TPSA) is 61.4 Å². The molecule has 1 amide bonds. The molecule has 1 unspecified atom stereocenters. The summed E-state index contributed by atoms with van der Waals surface area (Å²) in [5.74, 6) is 0.520. The number of amides is 1. The van der Waals surface area contributed by atoms with E-state index in [-0.39, 0.29) is 11.9 Å². The van der Waals surface area contributed by atoms with Crippen LogP contribution in [-0.2, 0) is 4.79 Å². The summed E-state index contributed by atoms with van der Waals surface area (Å²) in [7, 11) is 0. The van der Waals surface area contributed by atoms with Crippen molar-refractivity contribution in [1.82, 2.24) is 10.6 Å². The predicted molar refractivity (Wildman–Crippen MR) is 70.8 cm³/mol. The predicted octanol–water partition coefficient (Wildman–Crippen LogP) is 1.29. The Morgan fingerprint density at radius 3 is 2.35 bits per heavy atom. The number of carbonyl (C=O) groups is 1. The van der Waals surface area contributed by atoms with Gasteiger partial charge in [-0.25, -0.2) is 0 Å². The fraction of sp³-hybridized carbons (Fsp3) is 0.923. The minimum Gasteiger partial charge on any atom is -0.389 e. The lowest BCUT2D eigenvalue weighted by Crippen LogP contribution is -2.40. The second kappa shape index (κ2) is 7.67. The molecule has 0 aromatic carbocycles. The second-order valence-electron chi connectivity index (χ2n) is 5.74. The number of rotatable bonds is 8. The molecule has 0 aromatic rings. The fourth-order valence-electron chi connectivity index (χ4n) is 1.91. The van der Waals surface area contributed by atoms with Crippen molar-refractivity contribution in [3.05, 3.63) is 0 Å². The third-order valence-electron chi connectivity index (χ3n) is 2.33. The summed E-state index contributed by atoms with van der Waals surface area (Å²) in [4.78, 5) is 11.3. The van der Waals surface area contributed by atoms with E-state index in [9.17, 15) is 9.90 Å². The van der Waals surface area contributed by atoms with E-state index < -0.39 is 5.60 Å². The first-order chi connectivity index (χ1) is 7.73. The molecule has 3 N–H and O–H groups in total. The van der Waals surface area contributed by atoms with Gasteiger partial charge in [0.25, 0.3) is 0 Å². The lowest BCUT2D eigenvalue weighted by Gasteiger charge is -2.25. The Kier molecular flexibility index (Phi) is 7.39. The molecule has 0 saturated heterocycles. The second-order valence-corrected chi connectivity index (χ2v) is 5.74. The van der Waals surface area contributed by atoms with Crippen LogP contribution in [0.15, 0.2) is 0 Å². The lowest BCUT2D eigenvalue weighted by molar-refractivity contribution is -0.121. The molecule has 0 radical (unpaired) electrons. The molecule has 0 fully saturated rings. The van der Waals surface area contributed by atoms with Crippen molar-refractivity contribution in [2.75, 3.05) is 13.1 Å². The van der Waals surface area contributed by atoms with Gasteiger partial charge in [0, 0.05) is 25.6 Å². The van der Waals surface area contributed by atoms with Gasteiger partial charge in [0.05, 0.1) is 5.60 Å². The molecule has 0 aliphatic carbocycles. The maximum absolute atomic E-state index is 11.3. The molecule has 0 bridgehead atoms. The van der Waals surface area contributed by atoms with Gasteiger partial charge in [-0.3, -0.25) is 4.79 Å². The van der Waals surface area contributed by atoms with E-state index in [2.05, 4.69) is 24.5 Å². The summed E-state index contributed by atoms with van der Waals surface area (Å²) >= 11 is 0. The van der Waals surface area contributed by atoms with Crippen LogP contribution in [0.25, 0.3) is 0 Å². The molecular weight excluding hydrogens is 216 g/mol. The maximum Gasteiger partial charge on any atom is 0.221 e. The summed E-state index contributed by atoms with van der Waals surface area (Å²) < 4.78 is 0. The highest BCUT2D eigenvalue weighted by atomic mass is 16.3. The van der Waals surface area contributed by atoms with E-state index in [1.807, 2.05) is 20.8 Å². The van der Waals surface area contributed by atoms with Crippen LogP contribution in [0.3, 0.4) is 0 Å². The van der Waals surface area contributed by atoms with Crippen LogP contribution in [0.1, 0.15) is 47.5 Å². The normalized spacial score (nSPS) is 15.1. The van der Waals surface area contributed by atoms with Crippen LogP contribution in [0.4, 0.5) is 0 Å². The molecular formula is C13H28N2O2. The Hall–Kier alpha value is -0.610. The first kappa shape index (κ1) is 16.4. The van der Waals surface area contributed by atoms with Gasteiger partial charge in [0.1, 0.15) is 0 Å². The van der Waals surface area contributed by atoms with Gasteiger partial charge in [-0.15, -0.1) is 0 Å². The molecule has 0 aliphatic heterocycles.